The largest absolute Gasteiger partial charge is 0.381 e. The average molecular weight is 276 g/mol. The summed E-state index contributed by atoms with van der Waals surface area (Å²) in [4.78, 5) is 29.6. The Bertz CT molecular complexity index is 590. The number of nitrogens with two attached hydrogens (primary N) is 1. The fourth-order valence-corrected chi connectivity index (χ4v) is 1.76. The SMILES string of the molecule is NC(=O)C(O)CNC(=O)CCc1nc2ccccc2[nH]1. The first-order valence-corrected chi connectivity index (χ1v) is 6.24. The van der Waals surface area contributed by atoms with Gasteiger partial charge in [0.2, 0.25) is 11.8 Å². The number of aromatic amines is 1. The van der Waals surface area contributed by atoms with E-state index in [1.165, 1.54) is 0 Å². The quantitative estimate of drug-likeness (QED) is 0.566. The zero-order valence-corrected chi connectivity index (χ0v) is 10.8. The third kappa shape index (κ3) is 3.55. The normalized spacial score (nSPS) is 12.2. The van der Waals surface area contributed by atoms with Gasteiger partial charge in [0.15, 0.2) is 0 Å². The number of aromatic nitrogens is 2. The van der Waals surface area contributed by atoms with E-state index in [0.717, 1.165) is 16.9 Å². The second-order valence-corrected chi connectivity index (χ2v) is 4.42. The molecule has 0 aliphatic carbocycles. The van der Waals surface area contributed by atoms with Crippen LogP contribution in [0.1, 0.15) is 12.2 Å². The number of nitrogens with one attached hydrogen (secondary N) is 2. The van der Waals surface area contributed by atoms with Crippen LogP contribution >= 0.6 is 0 Å². The van der Waals surface area contributed by atoms with Gasteiger partial charge in [-0.15, -0.1) is 0 Å². The Hall–Kier alpha value is -2.41. The van der Waals surface area contributed by atoms with E-state index in [-0.39, 0.29) is 18.9 Å². The molecule has 2 aromatic rings. The van der Waals surface area contributed by atoms with E-state index < -0.39 is 12.0 Å². The van der Waals surface area contributed by atoms with Crippen LogP contribution in [0, 0.1) is 0 Å². The number of aliphatic hydroxyl groups excluding tert-OH is 1. The van der Waals surface area contributed by atoms with E-state index in [2.05, 4.69) is 15.3 Å². The van der Waals surface area contributed by atoms with Gasteiger partial charge in [-0.05, 0) is 12.1 Å². The molecule has 106 valence electrons. The Kier molecular flexibility index (Phi) is 4.31. The molecule has 0 spiro atoms. The van der Waals surface area contributed by atoms with Gasteiger partial charge in [-0.3, -0.25) is 9.59 Å². The molecule has 0 fully saturated rings. The van der Waals surface area contributed by atoms with Gasteiger partial charge in [0.05, 0.1) is 17.6 Å². The van der Waals surface area contributed by atoms with Gasteiger partial charge in [0.25, 0.3) is 0 Å². The molecule has 1 unspecified atom stereocenters. The average Bonchev–Trinajstić information content (AvgIpc) is 2.85. The summed E-state index contributed by atoms with van der Waals surface area (Å²) in [7, 11) is 0. The molecule has 1 heterocycles. The maximum Gasteiger partial charge on any atom is 0.248 e. The van der Waals surface area contributed by atoms with E-state index in [4.69, 9.17) is 10.8 Å². The molecule has 0 aliphatic heterocycles. The summed E-state index contributed by atoms with van der Waals surface area (Å²) in [6, 6.07) is 7.60. The van der Waals surface area contributed by atoms with Crippen LogP contribution in [0.3, 0.4) is 0 Å². The molecule has 0 aliphatic rings. The molecule has 0 saturated heterocycles. The van der Waals surface area contributed by atoms with Crippen molar-refractivity contribution in [3.8, 4) is 0 Å². The Morgan fingerprint density at radius 1 is 1.40 bits per heavy atom. The number of primary amides is 1. The van der Waals surface area contributed by atoms with Crippen LogP contribution in [0.4, 0.5) is 0 Å². The summed E-state index contributed by atoms with van der Waals surface area (Å²) >= 11 is 0. The predicted molar refractivity (Wildman–Crippen MR) is 72.6 cm³/mol. The van der Waals surface area contributed by atoms with Crippen LogP contribution in [-0.2, 0) is 16.0 Å². The maximum atomic E-state index is 11.5. The minimum atomic E-state index is -1.36. The molecule has 2 rings (SSSR count). The smallest absolute Gasteiger partial charge is 0.248 e. The second-order valence-electron chi connectivity index (χ2n) is 4.42. The molecule has 2 amide bonds. The summed E-state index contributed by atoms with van der Waals surface area (Å²) in [5.41, 5.74) is 6.65. The molecule has 0 radical (unpaired) electrons. The third-order valence-corrected chi connectivity index (χ3v) is 2.85. The van der Waals surface area contributed by atoms with Crippen molar-refractivity contribution in [1.29, 1.82) is 0 Å². The summed E-state index contributed by atoms with van der Waals surface area (Å²) in [5.74, 6) is -0.412. The molecule has 7 nitrogen and oxygen atoms in total. The molecule has 1 atom stereocenters. The first kappa shape index (κ1) is 14.0. The first-order chi connectivity index (χ1) is 9.56. The van der Waals surface area contributed by atoms with Crippen LogP contribution in [0.25, 0.3) is 11.0 Å². The lowest BCUT2D eigenvalue weighted by atomic mass is 10.2. The van der Waals surface area contributed by atoms with Gasteiger partial charge in [-0.25, -0.2) is 4.98 Å². The van der Waals surface area contributed by atoms with E-state index in [1.54, 1.807) is 0 Å². The van der Waals surface area contributed by atoms with Gasteiger partial charge in [-0.2, -0.15) is 0 Å². The summed E-state index contributed by atoms with van der Waals surface area (Å²) in [5, 5.41) is 11.6. The highest BCUT2D eigenvalue weighted by Crippen LogP contribution is 2.11. The number of amides is 2. The van der Waals surface area contributed by atoms with Gasteiger partial charge < -0.3 is 21.1 Å². The Balaban J connectivity index is 1.82. The molecule has 1 aromatic heterocycles. The summed E-state index contributed by atoms with van der Waals surface area (Å²) < 4.78 is 0. The highest BCUT2D eigenvalue weighted by atomic mass is 16.3. The molecular weight excluding hydrogens is 260 g/mol. The molecular formula is C13H16N4O3. The topological polar surface area (TPSA) is 121 Å². The lowest BCUT2D eigenvalue weighted by molar-refractivity contribution is -0.127. The molecule has 7 heteroatoms. The lowest BCUT2D eigenvalue weighted by Gasteiger charge is -2.07. The van der Waals surface area contributed by atoms with E-state index in [1.807, 2.05) is 24.3 Å². The molecule has 20 heavy (non-hydrogen) atoms. The van der Waals surface area contributed by atoms with Crippen molar-refractivity contribution in [2.75, 3.05) is 6.54 Å². The first-order valence-electron chi connectivity index (χ1n) is 6.24. The zero-order chi connectivity index (χ0) is 14.5. The van der Waals surface area contributed by atoms with Gasteiger partial charge in [-0.1, -0.05) is 12.1 Å². The van der Waals surface area contributed by atoms with Crippen molar-refractivity contribution >= 4 is 22.8 Å². The minimum Gasteiger partial charge on any atom is -0.381 e. The summed E-state index contributed by atoms with van der Waals surface area (Å²) in [6.07, 6.45) is -0.691. The number of benzene rings is 1. The zero-order valence-electron chi connectivity index (χ0n) is 10.8. The van der Waals surface area contributed by atoms with Gasteiger partial charge in [0.1, 0.15) is 11.9 Å². The van der Waals surface area contributed by atoms with Crippen LogP contribution in [0.2, 0.25) is 0 Å². The molecule has 1 aromatic carbocycles. The number of aryl methyl sites for hydroxylation is 1. The van der Waals surface area contributed by atoms with Crippen LogP contribution < -0.4 is 11.1 Å². The van der Waals surface area contributed by atoms with E-state index >= 15 is 0 Å². The van der Waals surface area contributed by atoms with Crippen LogP contribution in [0.5, 0.6) is 0 Å². The fraction of sp³-hybridized carbons (Fsp3) is 0.308. The number of hydrogen-bond donors (Lipinski definition) is 4. The van der Waals surface area contributed by atoms with Gasteiger partial charge in [0, 0.05) is 12.8 Å². The number of carbonyl (C=O) groups excluding carboxylic acids is 2. The highest BCUT2D eigenvalue weighted by molar-refractivity contribution is 5.81. The Labute approximate surface area is 115 Å². The standard InChI is InChI=1S/C13H16N4O3/c14-13(20)10(18)7-15-12(19)6-5-11-16-8-3-1-2-4-9(8)17-11/h1-4,10,18H,5-7H2,(H2,14,20)(H,15,19)(H,16,17). The number of aliphatic hydroxyl groups is 1. The molecule has 0 saturated carbocycles. The predicted octanol–water partition coefficient (Wildman–Crippen LogP) is -0.542. The minimum absolute atomic E-state index is 0.172. The van der Waals surface area contributed by atoms with Gasteiger partial charge >= 0.3 is 0 Å². The summed E-state index contributed by atoms with van der Waals surface area (Å²) in [6.45, 7) is -0.172. The lowest BCUT2D eigenvalue weighted by Crippen LogP contribution is -2.40. The van der Waals surface area contributed by atoms with Crippen LogP contribution in [0.15, 0.2) is 24.3 Å². The number of carbonyl (C=O) groups is 2. The van der Waals surface area contributed by atoms with Crippen molar-refractivity contribution in [2.45, 2.75) is 18.9 Å². The fourth-order valence-electron chi connectivity index (χ4n) is 1.76. The Morgan fingerprint density at radius 2 is 2.15 bits per heavy atom. The monoisotopic (exact) mass is 276 g/mol. The second kappa shape index (κ2) is 6.16. The van der Waals surface area contributed by atoms with Crippen molar-refractivity contribution in [1.82, 2.24) is 15.3 Å². The number of fused-ring (bicyclic) bond motifs is 1. The number of rotatable bonds is 6. The van der Waals surface area contributed by atoms with Crippen molar-refractivity contribution < 1.29 is 14.7 Å². The Morgan fingerprint density at radius 3 is 2.85 bits per heavy atom. The van der Waals surface area contributed by atoms with Crippen LogP contribution in [-0.4, -0.2) is 39.5 Å². The number of H-pyrrole nitrogens is 1. The maximum absolute atomic E-state index is 11.5. The van der Waals surface area contributed by atoms with E-state index in [9.17, 15) is 9.59 Å². The van der Waals surface area contributed by atoms with Crippen molar-refractivity contribution in [3.05, 3.63) is 30.1 Å². The number of imidazole rings is 1. The highest BCUT2D eigenvalue weighted by Gasteiger charge is 2.12. The number of para-hydroxylation sites is 2. The van der Waals surface area contributed by atoms with E-state index in [0.29, 0.717) is 6.42 Å². The number of hydrogen-bond acceptors (Lipinski definition) is 4. The molecule has 5 N–H and O–H groups in total. The van der Waals surface area contributed by atoms with Crippen molar-refractivity contribution in [3.63, 3.8) is 0 Å². The molecule has 0 bridgehead atoms. The third-order valence-electron chi connectivity index (χ3n) is 2.85. The number of nitrogens with zero attached hydrogens (tertiary/aromatic N) is 1. The van der Waals surface area contributed by atoms with Crippen molar-refractivity contribution in [2.24, 2.45) is 5.73 Å².